The van der Waals surface area contributed by atoms with Gasteiger partial charge in [0.25, 0.3) is 0 Å². The zero-order valence-electron chi connectivity index (χ0n) is 9.91. The van der Waals surface area contributed by atoms with Crippen molar-refractivity contribution in [3.63, 3.8) is 0 Å². The molecule has 0 spiro atoms. The zero-order valence-corrected chi connectivity index (χ0v) is 12.1. The van der Waals surface area contributed by atoms with Gasteiger partial charge >= 0.3 is 11.9 Å². The molecule has 0 saturated heterocycles. The first-order valence-electron chi connectivity index (χ1n) is 5.27. The van der Waals surface area contributed by atoms with Crippen LogP contribution in [-0.4, -0.2) is 23.6 Å². The van der Waals surface area contributed by atoms with Crippen molar-refractivity contribution in [2.75, 3.05) is 6.61 Å². The van der Waals surface area contributed by atoms with Crippen molar-refractivity contribution in [3.8, 4) is 0 Å². The van der Waals surface area contributed by atoms with Gasteiger partial charge in [-0.2, -0.15) is 8.78 Å². The molecule has 1 rings (SSSR count). The van der Waals surface area contributed by atoms with E-state index in [1.807, 2.05) is 22.6 Å². The normalized spacial score (nSPS) is 15.0. The van der Waals surface area contributed by atoms with Crippen molar-refractivity contribution in [1.29, 1.82) is 0 Å². The van der Waals surface area contributed by atoms with Gasteiger partial charge in [-0.3, -0.25) is 0 Å². The predicted molar refractivity (Wildman–Crippen MR) is 70.3 cm³/mol. The molecule has 1 aromatic rings. The van der Waals surface area contributed by atoms with Gasteiger partial charge in [-0.25, -0.2) is 4.79 Å². The van der Waals surface area contributed by atoms with Crippen LogP contribution < -0.4 is 0 Å². The highest BCUT2D eigenvalue weighted by molar-refractivity contribution is 14.1. The highest BCUT2D eigenvalue weighted by atomic mass is 127. The van der Waals surface area contributed by atoms with Gasteiger partial charge in [0.1, 0.15) is 0 Å². The van der Waals surface area contributed by atoms with Crippen molar-refractivity contribution >= 4 is 28.6 Å². The molecule has 0 saturated carbocycles. The number of alkyl halides is 2. The van der Waals surface area contributed by atoms with Crippen molar-refractivity contribution in [1.82, 2.24) is 0 Å². The maximum absolute atomic E-state index is 13.8. The van der Waals surface area contributed by atoms with Gasteiger partial charge in [-0.15, -0.1) is 0 Å². The van der Waals surface area contributed by atoms with Crippen LogP contribution in [0.15, 0.2) is 24.3 Å². The summed E-state index contributed by atoms with van der Waals surface area (Å²) < 4.78 is 32.8. The fourth-order valence-electron chi connectivity index (χ4n) is 1.38. The quantitative estimate of drug-likeness (QED) is 0.655. The van der Waals surface area contributed by atoms with Crippen LogP contribution in [0.4, 0.5) is 8.78 Å². The number of esters is 1. The molecule has 1 atom stereocenters. The second-order valence-corrected chi connectivity index (χ2v) is 5.12. The van der Waals surface area contributed by atoms with E-state index in [4.69, 9.17) is 0 Å². The van der Waals surface area contributed by atoms with Gasteiger partial charge in [-0.1, -0.05) is 12.1 Å². The number of hydrogen-bond acceptors (Lipinski definition) is 3. The van der Waals surface area contributed by atoms with E-state index in [2.05, 4.69) is 4.74 Å². The topological polar surface area (TPSA) is 46.5 Å². The third-order valence-electron chi connectivity index (χ3n) is 2.55. The minimum atomic E-state index is -4.00. The molecule has 0 radical (unpaired) electrons. The van der Waals surface area contributed by atoms with Crippen LogP contribution in [-0.2, 0) is 15.1 Å². The fraction of sp³-hybridized carbons (Fsp3) is 0.417. The summed E-state index contributed by atoms with van der Waals surface area (Å²) in [5.74, 6) is -5.73. The fourth-order valence-corrected chi connectivity index (χ4v) is 1.74. The highest BCUT2D eigenvalue weighted by Crippen LogP contribution is 2.38. The van der Waals surface area contributed by atoms with E-state index >= 15 is 0 Å². The molecule has 1 N–H and O–H groups in total. The van der Waals surface area contributed by atoms with Crippen LogP contribution in [0.2, 0.25) is 0 Å². The molecular weight excluding hydrogens is 357 g/mol. The van der Waals surface area contributed by atoms with Crippen LogP contribution in [0.5, 0.6) is 0 Å². The van der Waals surface area contributed by atoms with Crippen LogP contribution in [0.3, 0.4) is 0 Å². The zero-order chi connectivity index (χ0) is 14.0. The Labute approximate surface area is 117 Å². The molecule has 0 heterocycles. The molecule has 1 aromatic carbocycles. The minimum absolute atomic E-state index is 0.0408. The first kappa shape index (κ1) is 15.3. The summed E-state index contributed by atoms with van der Waals surface area (Å²) >= 11 is 2.01. The third-order valence-corrected chi connectivity index (χ3v) is 3.27. The van der Waals surface area contributed by atoms with Gasteiger partial charge in [0.05, 0.1) is 6.61 Å². The molecule has 18 heavy (non-hydrogen) atoms. The van der Waals surface area contributed by atoms with E-state index in [1.54, 1.807) is 12.1 Å². The van der Waals surface area contributed by atoms with Crippen molar-refractivity contribution in [2.45, 2.75) is 25.4 Å². The lowest BCUT2D eigenvalue weighted by atomic mass is 9.89. The number of benzene rings is 1. The Morgan fingerprint density at radius 1 is 1.39 bits per heavy atom. The molecule has 0 aliphatic rings. The number of rotatable bonds is 4. The van der Waals surface area contributed by atoms with E-state index < -0.39 is 17.5 Å². The second kappa shape index (κ2) is 5.48. The molecular formula is C12H13F2IO3. The lowest BCUT2D eigenvalue weighted by Crippen LogP contribution is -2.49. The van der Waals surface area contributed by atoms with Crippen LogP contribution in [0.1, 0.15) is 19.4 Å². The van der Waals surface area contributed by atoms with Gasteiger partial charge < -0.3 is 9.84 Å². The lowest BCUT2D eigenvalue weighted by Gasteiger charge is -2.31. The Balaban J connectivity index is 3.11. The Bertz CT molecular complexity index is 429. The number of ether oxygens (including phenoxy) is 1. The van der Waals surface area contributed by atoms with E-state index in [1.165, 1.54) is 19.1 Å². The number of carbonyl (C=O) groups excluding carboxylic acids is 1. The molecule has 0 aliphatic carbocycles. The lowest BCUT2D eigenvalue weighted by molar-refractivity contribution is -0.212. The van der Waals surface area contributed by atoms with Crippen molar-refractivity contribution in [3.05, 3.63) is 33.4 Å². The largest absolute Gasteiger partial charge is 0.461 e. The second-order valence-electron chi connectivity index (χ2n) is 3.87. The molecule has 0 aliphatic heterocycles. The molecule has 0 fully saturated rings. The van der Waals surface area contributed by atoms with Crippen molar-refractivity contribution in [2.24, 2.45) is 0 Å². The summed E-state index contributed by atoms with van der Waals surface area (Å²) in [6.45, 7) is 2.15. The molecule has 0 aromatic heterocycles. The average molecular weight is 370 g/mol. The smallest absolute Gasteiger partial charge is 0.380 e. The van der Waals surface area contributed by atoms with Crippen LogP contribution in [0.25, 0.3) is 0 Å². The third kappa shape index (κ3) is 2.80. The van der Waals surface area contributed by atoms with E-state index in [-0.39, 0.29) is 12.2 Å². The number of halogens is 3. The highest BCUT2D eigenvalue weighted by Gasteiger charge is 2.57. The summed E-state index contributed by atoms with van der Waals surface area (Å²) in [6.07, 6.45) is 0. The summed E-state index contributed by atoms with van der Waals surface area (Å²) in [6, 6.07) is 5.86. The minimum Gasteiger partial charge on any atom is -0.461 e. The first-order valence-corrected chi connectivity index (χ1v) is 6.34. The van der Waals surface area contributed by atoms with Crippen molar-refractivity contribution < 1.29 is 23.4 Å². The average Bonchev–Trinajstić information content (AvgIpc) is 2.29. The van der Waals surface area contributed by atoms with E-state index in [0.717, 1.165) is 10.5 Å². The Morgan fingerprint density at radius 3 is 2.33 bits per heavy atom. The summed E-state index contributed by atoms with van der Waals surface area (Å²) in [7, 11) is 0. The van der Waals surface area contributed by atoms with E-state index in [0.29, 0.717) is 0 Å². The Kier molecular flexibility index (Phi) is 4.66. The molecule has 3 nitrogen and oxygen atoms in total. The SMILES string of the molecule is CCOC(=O)C(F)(F)C(C)(O)c1ccc(I)cc1. The molecule has 0 bridgehead atoms. The Hall–Kier alpha value is -0.760. The summed E-state index contributed by atoms with van der Waals surface area (Å²) in [5.41, 5.74) is -2.65. The first-order chi connectivity index (χ1) is 8.23. The summed E-state index contributed by atoms with van der Waals surface area (Å²) in [5, 5.41) is 9.95. The van der Waals surface area contributed by atoms with Gasteiger partial charge in [0, 0.05) is 3.57 Å². The molecule has 0 amide bonds. The Morgan fingerprint density at radius 2 is 1.89 bits per heavy atom. The monoisotopic (exact) mass is 370 g/mol. The molecule has 1 unspecified atom stereocenters. The number of carbonyl (C=O) groups is 1. The van der Waals surface area contributed by atoms with Gasteiger partial charge in [0.15, 0.2) is 5.60 Å². The van der Waals surface area contributed by atoms with Crippen LogP contribution in [0, 0.1) is 3.57 Å². The van der Waals surface area contributed by atoms with Gasteiger partial charge in [-0.05, 0) is 54.1 Å². The van der Waals surface area contributed by atoms with E-state index in [9.17, 15) is 18.7 Å². The number of hydrogen-bond donors (Lipinski definition) is 1. The maximum Gasteiger partial charge on any atom is 0.380 e. The molecule has 6 heteroatoms. The standard InChI is InChI=1S/C12H13F2IO3/c1-3-18-10(16)12(13,14)11(2,17)8-4-6-9(15)7-5-8/h4-7,17H,3H2,1-2H3. The predicted octanol–water partition coefficient (Wildman–Crippen LogP) is 2.70. The van der Waals surface area contributed by atoms with Gasteiger partial charge in [0.2, 0.25) is 0 Å². The maximum atomic E-state index is 13.8. The summed E-state index contributed by atoms with van der Waals surface area (Å²) in [4.78, 5) is 11.2. The van der Waals surface area contributed by atoms with Crippen LogP contribution >= 0.6 is 22.6 Å². The molecule has 100 valence electrons. The number of aliphatic hydroxyl groups is 1.